The van der Waals surface area contributed by atoms with Gasteiger partial charge >= 0.3 is 5.97 Å². The molecule has 6 nitrogen and oxygen atoms in total. The molecule has 0 spiro atoms. The molecular formula is C15H22N2O4. The quantitative estimate of drug-likeness (QED) is 0.708. The number of methoxy groups -OCH3 is 1. The van der Waals surface area contributed by atoms with Crippen LogP contribution < -0.4 is 10.2 Å². The van der Waals surface area contributed by atoms with Crippen molar-refractivity contribution >= 4 is 17.6 Å². The third-order valence-electron chi connectivity index (χ3n) is 3.07. The number of rotatable bonds is 8. The van der Waals surface area contributed by atoms with Crippen molar-refractivity contribution < 1.29 is 19.4 Å². The largest absolute Gasteiger partial charge is 0.480 e. The Balaban J connectivity index is 2.72. The standard InChI is InChI=1S/C15H22N2O4/c1-17(2)12-7-4-6-11(10-12)14(18)16-13(15(19)20)8-5-9-21-3/h4,6-7,10,13H,5,8-9H2,1-3H3,(H,16,18)(H,19,20). The fourth-order valence-electron chi connectivity index (χ4n) is 1.86. The Kier molecular flexibility index (Phi) is 6.68. The Morgan fingerprint density at radius 2 is 2.10 bits per heavy atom. The van der Waals surface area contributed by atoms with Crippen LogP contribution in [0, 0.1) is 0 Å². The van der Waals surface area contributed by atoms with Crippen molar-refractivity contribution in [3.63, 3.8) is 0 Å². The molecule has 1 aromatic rings. The maximum Gasteiger partial charge on any atom is 0.326 e. The van der Waals surface area contributed by atoms with Gasteiger partial charge in [-0.15, -0.1) is 0 Å². The molecule has 0 aromatic heterocycles. The van der Waals surface area contributed by atoms with E-state index in [0.29, 0.717) is 25.0 Å². The summed E-state index contributed by atoms with van der Waals surface area (Å²) in [6, 6.07) is 6.13. The maximum absolute atomic E-state index is 12.1. The summed E-state index contributed by atoms with van der Waals surface area (Å²) in [6.45, 7) is 0.468. The molecule has 21 heavy (non-hydrogen) atoms. The minimum absolute atomic E-state index is 0.336. The van der Waals surface area contributed by atoms with Crippen molar-refractivity contribution in [3.05, 3.63) is 29.8 Å². The lowest BCUT2D eigenvalue weighted by Crippen LogP contribution is -2.40. The van der Waals surface area contributed by atoms with Crippen LogP contribution in [0.1, 0.15) is 23.2 Å². The van der Waals surface area contributed by atoms with Crippen LogP contribution in [0.3, 0.4) is 0 Å². The summed E-state index contributed by atoms with van der Waals surface area (Å²) in [4.78, 5) is 25.2. The van der Waals surface area contributed by atoms with E-state index in [0.717, 1.165) is 5.69 Å². The molecule has 0 aliphatic carbocycles. The van der Waals surface area contributed by atoms with E-state index in [-0.39, 0.29) is 5.91 Å². The van der Waals surface area contributed by atoms with Gasteiger partial charge in [-0.3, -0.25) is 4.79 Å². The van der Waals surface area contributed by atoms with Crippen molar-refractivity contribution in [2.45, 2.75) is 18.9 Å². The second-order valence-electron chi connectivity index (χ2n) is 4.94. The molecule has 0 bridgehead atoms. The molecule has 0 radical (unpaired) electrons. The highest BCUT2D eigenvalue weighted by molar-refractivity contribution is 5.97. The average Bonchev–Trinajstić information content (AvgIpc) is 2.46. The predicted molar refractivity (Wildman–Crippen MR) is 80.8 cm³/mol. The van der Waals surface area contributed by atoms with Gasteiger partial charge in [-0.2, -0.15) is 0 Å². The van der Waals surface area contributed by atoms with Crippen LogP contribution in [0.15, 0.2) is 24.3 Å². The number of ether oxygens (including phenoxy) is 1. The molecule has 116 valence electrons. The number of amides is 1. The Hall–Kier alpha value is -2.08. The van der Waals surface area contributed by atoms with E-state index in [2.05, 4.69) is 5.32 Å². The molecule has 0 fully saturated rings. The molecule has 1 rings (SSSR count). The van der Waals surface area contributed by atoms with Gasteiger partial charge in [0.25, 0.3) is 5.91 Å². The number of benzene rings is 1. The van der Waals surface area contributed by atoms with E-state index in [9.17, 15) is 9.59 Å². The minimum atomic E-state index is -1.04. The van der Waals surface area contributed by atoms with Gasteiger partial charge in [0.15, 0.2) is 0 Å². The first-order valence-corrected chi connectivity index (χ1v) is 6.75. The summed E-state index contributed by atoms with van der Waals surface area (Å²) in [5.74, 6) is -1.42. The summed E-state index contributed by atoms with van der Waals surface area (Å²) in [5.41, 5.74) is 1.33. The number of hydrogen-bond acceptors (Lipinski definition) is 4. The summed E-state index contributed by atoms with van der Waals surface area (Å²) in [7, 11) is 5.31. The lowest BCUT2D eigenvalue weighted by atomic mass is 10.1. The molecule has 0 saturated heterocycles. The molecule has 1 amide bonds. The Bertz CT molecular complexity index is 488. The third-order valence-corrected chi connectivity index (χ3v) is 3.07. The van der Waals surface area contributed by atoms with Gasteiger partial charge in [0.2, 0.25) is 0 Å². The van der Waals surface area contributed by atoms with E-state index in [4.69, 9.17) is 9.84 Å². The fraction of sp³-hybridized carbons (Fsp3) is 0.467. The van der Waals surface area contributed by atoms with Gasteiger partial charge in [-0.25, -0.2) is 4.79 Å². The van der Waals surface area contributed by atoms with Crippen molar-refractivity contribution in [2.75, 3.05) is 32.7 Å². The number of carboxylic acids is 1. The molecule has 0 aliphatic rings. The van der Waals surface area contributed by atoms with Gasteiger partial charge in [0.05, 0.1) is 0 Å². The van der Waals surface area contributed by atoms with E-state index >= 15 is 0 Å². The Labute approximate surface area is 124 Å². The number of nitrogens with one attached hydrogen (secondary N) is 1. The molecule has 6 heteroatoms. The third kappa shape index (κ3) is 5.43. The average molecular weight is 294 g/mol. The highest BCUT2D eigenvalue weighted by Gasteiger charge is 2.20. The van der Waals surface area contributed by atoms with E-state index in [1.54, 1.807) is 25.3 Å². The van der Waals surface area contributed by atoms with Crippen LogP contribution in [-0.2, 0) is 9.53 Å². The van der Waals surface area contributed by atoms with Crippen LogP contribution in [0.2, 0.25) is 0 Å². The van der Waals surface area contributed by atoms with Gasteiger partial charge in [0.1, 0.15) is 6.04 Å². The molecular weight excluding hydrogens is 272 g/mol. The smallest absolute Gasteiger partial charge is 0.326 e. The van der Waals surface area contributed by atoms with Crippen LogP contribution in [0.25, 0.3) is 0 Å². The molecule has 1 unspecified atom stereocenters. The van der Waals surface area contributed by atoms with Crippen molar-refractivity contribution in [3.8, 4) is 0 Å². The van der Waals surface area contributed by atoms with Crippen molar-refractivity contribution in [1.29, 1.82) is 0 Å². The van der Waals surface area contributed by atoms with Crippen LogP contribution in [-0.4, -0.2) is 50.8 Å². The fourth-order valence-corrected chi connectivity index (χ4v) is 1.86. The topological polar surface area (TPSA) is 78.9 Å². The second kappa shape index (κ2) is 8.26. The maximum atomic E-state index is 12.1. The molecule has 1 atom stereocenters. The predicted octanol–water partition coefficient (Wildman–Crippen LogP) is 1.36. The molecule has 2 N–H and O–H groups in total. The molecule has 0 saturated carbocycles. The summed E-state index contributed by atoms with van der Waals surface area (Å²) >= 11 is 0. The number of nitrogens with zero attached hydrogens (tertiary/aromatic N) is 1. The highest BCUT2D eigenvalue weighted by Crippen LogP contribution is 2.13. The van der Waals surface area contributed by atoms with E-state index in [1.807, 2.05) is 25.1 Å². The molecule has 1 aromatic carbocycles. The SMILES string of the molecule is COCCCC(NC(=O)c1cccc(N(C)C)c1)C(=O)O. The van der Waals surface area contributed by atoms with Gasteiger partial charge in [-0.1, -0.05) is 6.07 Å². The van der Waals surface area contributed by atoms with Gasteiger partial charge in [-0.05, 0) is 31.0 Å². The molecule has 0 aliphatic heterocycles. The Morgan fingerprint density at radius 3 is 2.67 bits per heavy atom. The zero-order valence-electron chi connectivity index (χ0n) is 12.6. The minimum Gasteiger partial charge on any atom is -0.480 e. The second-order valence-corrected chi connectivity index (χ2v) is 4.94. The van der Waals surface area contributed by atoms with Crippen LogP contribution >= 0.6 is 0 Å². The monoisotopic (exact) mass is 294 g/mol. The number of carboxylic acid groups (broad SMARTS) is 1. The first kappa shape index (κ1) is 17.0. The molecule has 0 heterocycles. The zero-order chi connectivity index (χ0) is 15.8. The van der Waals surface area contributed by atoms with Crippen LogP contribution in [0.5, 0.6) is 0 Å². The normalized spacial score (nSPS) is 11.8. The summed E-state index contributed by atoms with van der Waals surface area (Å²) in [6.07, 6.45) is 0.910. The number of carbonyl (C=O) groups is 2. The highest BCUT2D eigenvalue weighted by atomic mass is 16.5. The summed E-state index contributed by atoms with van der Waals surface area (Å²) in [5, 5.41) is 11.7. The Morgan fingerprint density at radius 1 is 1.38 bits per heavy atom. The van der Waals surface area contributed by atoms with Gasteiger partial charge < -0.3 is 20.1 Å². The van der Waals surface area contributed by atoms with Gasteiger partial charge in [0, 0.05) is 39.1 Å². The van der Waals surface area contributed by atoms with Crippen molar-refractivity contribution in [2.24, 2.45) is 0 Å². The van der Waals surface area contributed by atoms with E-state index in [1.165, 1.54) is 0 Å². The number of carbonyl (C=O) groups excluding carboxylic acids is 1. The lowest BCUT2D eigenvalue weighted by Gasteiger charge is -2.16. The number of hydrogen-bond donors (Lipinski definition) is 2. The van der Waals surface area contributed by atoms with E-state index < -0.39 is 12.0 Å². The first-order chi connectivity index (χ1) is 9.95. The first-order valence-electron chi connectivity index (χ1n) is 6.75. The zero-order valence-corrected chi connectivity index (χ0v) is 12.6. The number of anilines is 1. The summed E-state index contributed by atoms with van der Waals surface area (Å²) < 4.78 is 4.89. The van der Waals surface area contributed by atoms with Crippen molar-refractivity contribution in [1.82, 2.24) is 5.32 Å². The number of aliphatic carboxylic acids is 1. The lowest BCUT2D eigenvalue weighted by molar-refractivity contribution is -0.139. The van der Waals surface area contributed by atoms with Crippen LogP contribution in [0.4, 0.5) is 5.69 Å².